The van der Waals surface area contributed by atoms with Gasteiger partial charge >= 0.3 is 0 Å². The Morgan fingerprint density at radius 3 is 2.31 bits per heavy atom. The van der Waals surface area contributed by atoms with Gasteiger partial charge in [-0.15, -0.1) is 0 Å². The fourth-order valence-electron chi connectivity index (χ4n) is 3.76. The zero-order valence-electron chi connectivity index (χ0n) is 18.7. The number of phenols is 1. The molecule has 0 aliphatic carbocycles. The van der Waals surface area contributed by atoms with E-state index in [9.17, 15) is 19.8 Å². The number of phenolic OH excluding ortho intramolecular Hbond substituents is 1. The molecule has 1 atom stereocenters. The van der Waals surface area contributed by atoms with Crippen molar-refractivity contribution in [1.29, 1.82) is 0 Å². The molecule has 3 rings (SSSR count). The highest BCUT2D eigenvalue weighted by Crippen LogP contribution is 2.40. The summed E-state index contributed by atoms with van der Waals surface area (Å²) in [6.07, 6.45) is 1.56. The number of nitrogens with zero attached hydrogens (tertiary/aromatic N) is 2. The average molecular weight is 439 g/mol. The van der Waals surface area contributed by atoms with E-state index < -0.39 is 17.7 Å². The van der Waals surface area contributed by atoms with Crippen LogP contribution in [0, 0.1) is 0 Å². The first-order valence-electron chi connectivity index (χ1n) is 10.8. The van der Waals surface area contributed by atoms with Crippen molar-refractivity contribution >= 4 is 17.4 Å². The van der Waals surface area contributed by atoms with E-state index in [1.807, 2.05) is 25.9 Å². The first-order valence-corrected chi connectivity index (χ1v) is 10.8. The van der Waals surface area contributed by atoms with Crippen LogP contribution in [0.1, 0.15) is 36.9 Å². The van der Waals surface area contributed by atoms with Crippen LogP contribution in [0.4, 0.5) is 0 Å². The molecule has 1 heterocycles. The van der Waals surface area contributed by atoms with Gasteiger partial charge in [0.15, 0.2) is 0 Å². The molecular formula is C25H30N2O5. The molecule has 0 aromatic heterocycles. The molecule has 170 valence electrons. The second kappa shape index (κ2) is 10.3. The molecule has 0 bridgehead atoms. The Morgan fingerprint density at radius 1 is 1.06 bits per heavy atom. The van der Waals surface area contributed by atoms with Crippen molar-refractivity contribution in [2.24, 2.45) is 0 Å². The van der Waals surface area contributed by atoms with E-state index in [4.69, 9.17) is 4.74 Å². The second-order valence-corrected chi connectivity index (χ2v) is 8.11. The molecule has 32 heavy (non-hydrogen) atoms. The fraction of sp³-hybridized carbons (Fsp3) is 0.360. The fourth-order valence-corrected chi connectivity index (χ4v) is 3.76. The van der Waals surface area contributed by atoms with E-state index in [1.54, 1.807) is 36.4 Å². The molecule has 1 aliphatic rings. The summed E-state index contributed by atoms with van der Waals surface area (Å²) in [5.74, 6) is -0.815. The number of aromatic hydroxyl groups is 1. The Morgan fingerprint density at radius 2 is 1.72 bits per heavy atom. The zero-order valence-corrected chi connectivity index (χ0v) is 18.7. The van der Waals surface area contributed by atoms with E-state index in [0.717, 1.165) is 13.0 Å². The van der Waals surface area contributed by atoms with Gasteiger partial charge in [-0.25, -0.2) is 0 Å². The van der Waals surface area contributed by atoms with Crippen LogP contribution in [-0.2, 0) is 9.59 Å². The lowest BCUT2D eigenvalue weighted by molar-refractivity contribution is -0.139. The Labute approximate surface area is 188 Å². The maximum atomic E-state index is 13.0. The summed E-state index contributed by atoms with van der Waals surface area (Å²) < 4.78 is 5.58. The van der Waals surface area contributed by atoms with Crippen LogP contribution >= 0.6 is 0 Å². The molecular weight excluding hydrogens is 408 g/mol. The van der Waals surface area contributed by atoms with E-state index >= 15 is 0 Å². The summed E-state index contributed by atoms with van der Waals surface area (Å²) in [6, 6.07) is 12.4. The summed E-state index contributed by atoms with van der Waals surface area (Å²) >= 11 is 0. The van der Waals surface area contributed by atoms with Crippen LogP contribution in [-0.4, -0.2) is 65.5 Å². The number of ether oxygens (including phenoxy) is 1. The number of amides is 1. The van der Waals surface area contributed by atoms with Crippen molar-refractivity contribution in [2.45, 2.75) is 25.8 Å². The highest BCUT2D eigenvalue weighted by Gasteiger charge is 2.45. The monoisotopic (exact) mass is 438 g/mol. The largest absolute Gasteiger partial charge is 0.508 e. The first-order chi connectivity index (χ1) is 15.3. The predicted octanol–water partition coefficient (Wildman–Crippen LogP) is 3.55. The van der Waals surface area contributed by atoms with Gasteiger partial charge in [-0.2, -0.15) is 0 Å². The highest BCUT2D eigenvalue weighted by atomic mass is 16.5. The number of hydrogen-bond acceptors (Lipinski definition) is 6. The van der Waals surface area contributed by atoms with Crippen LogP contribution in [0.2, 0.25) is 0 Å². The van der Waals surface area contributed by atoms with Gasteiger partial charge in [0, 0.05) is 12.1 Å². The van der Waals surface area contributed by atoms with Crippen LogP contribution in [0.15, 0.2) is 54.1 Å². The maximum absolute atomic E-state index is 13.0. The molecule has 2 aromatic rings. The number of aliphatic hydroxyl groups is 1. The van der Waals surface area contributed by atoms with Crippen LogP contribution in [0.25, 0.3) is 5.76 Å². The third kappa shape index (κ3) is 5.11. The molecule has 2 N–H and O–H groups in total. The molecule has 7 nitrogen and oxygen atoms in total. The van der Waals surface area contributed by atoms with Crippen molar-refractivity contribution in [3.63, 3.8) is 0 Å². The van der Waals surface area contributed by atoms with Gasteiger partial charge in [-0.1, -0.05) is 19.1 Å². The molecule has 1 saturated heterocycles. The Balaban J connectivity index is 2.01. The minimum Gasteiger partial charge on any atom is -0.508 e. The smallest absolute Gasteiger partial charge is 0.295 e. The van der Waals surface area contributed by atoms with Gasteiger partial charge in [0.05, 0.1) is 18.2 Å². The number of benzene rings is 2. The number of rotatable bonds is 9. The van der Waals surface area contributed by atoms with Crippen molar-refractivity contribution < 1.29 is 24.5 Å². The zero-order chi connectivity index (χ0) is 23.3. The van der Waals surface area contributed by atoms with Gasteiger partial charge in [-0.05, 0) is 75.4 Å². The number of hydrogen-bond donors (Lipinski definition) is 2. The molecule has 0 radical (unpaired) electrons. The maximum Gasteiger partial charge on any atom is 0.295 e. The third-order valence-corrected chi connectivity index (χ3v) is 5.35. The lowest BCUT2D eigenvalue weighted by Gasteiger charge is -2.26. The quantitative estimate of drug-likeness (QED) is 0.354. The lowest BCUT2D eigenvalue weighted by atomic mass is 9.95. The van der Waals surface area contributed by atoms with Crippen molar-refractivity contribution in [1.82, 2.24) is 9.80 Å². The Kier molecular flexibility index (Phi) is 7.53. The number of likely N-dealkylation sites (tertiary alicyclic amines) is 1. The predicted molar refractivity (Wildman–Crippen MR) is 123 cm³/mol. The number of ketones is 1. The van der Waals surface area contributed by atoms with Crippen LogP contribution in [0.5, 0.6) is 11.5 Å². The van der Waals surface area contributed by atoms with Gasteiger partial charge in [0.1, 0.15) is 17.3 Å². The SMILES string of the molecule is CCCOc1ccc(C(O)=C2C(=O)C(=O)N(CCCN(C)C)[C@@H]2c2ccc(O)cc2)cc1. The van der Waals surface area contributed by atoms with Crippen LogP contribution in [0.3, 0.4) is 0 Å². The summed E-state index contributed by atoms with van der Waals surface area (Å²) in [5, 5.41) is 20.8. The summed E-state index contributed by atoms with van der Waals surface area (Å²) in [4.78, 5) is 29.4. The lowest BCUT2D eigenvalue weighted by Crippen LogP contribution is -2.32. The van der Waals surface area contributed by atoms with Gasteiger partial charge in [0.25, 0.3) is 11.7 Å². The number of carbonyl (C=O) groups is 2. The topological polar surface area (TPSA) is 90.3 Å². The Bertz CT molecular complexity index is 980. The van der Waals surface area contributed by atoms with Gasteiger partial charge in [0.2, 0.25) is 0 Å². The molecule has 2 aromatic carbocycles. The number of Topliss-reactive ketones (excluding diaryl/α,β-unsaturated/α-hetero) is 1. The van der Waals surface area contributed by atoms with Gasteiger partial charge < -0.3 is 24.7 Å². The standard InChI is InChI=1S/C25H30N2O5/c1-4-16-32-20-12-8-18(9-13-20)23(29)21-22(17-6-10-19(28)11-7-17)27(25(31)24(21)30)15-5-14-26(2)3/h6-13,22,28-29H,4-5,14-16H2,1-3H3/t22-/m1/s1. The number of carbonyl (C=O) groups excluding carboxylic acids is 2. The molecule has 0 spiro atoms. The van der Waals surface area contributed by atoms with Crippen molar-refractivity contribution in [2.75, 3.05) is 33.8 Å². The highest BCUT2D eigenvalue weighted by molar-refractivity contribution is 6.46. The minimum atomic E-state index is -0.728. The third-order valence-electron chi connectivity index (χ3n) is 5.35. The normalized spacial score (nSPS) is 17.9. The molecule has 1 amide bonds. The first kappa shape index (κ1) is 23.3. The molecule has 1 aliphatic heterocycles. The summed E-state index contributed by atoms with van der Waals surface area (Å²) in [6.45, 7) is 3.73. The van der Waals surface area contributed by atoms with E-state index in [1.165, 1.54) is 17.0 Å². The van der Waals surface area contributed by atoms with E-state index in [-0.39, 0.29) is 17.1 Å². The van der Waals surface area contributed by atoms with Gasteiger partial charge in [-0.3, -0.25) is 9.59 Å². The van der Waals surface area contributed by atoms with Crippen molar-refractivity contribution in [3.05, 3.63) is 65.2 Å². The van der Waals surface area contributed by atoms with E-state index in [2.05, 4.69) is 0 Å². The van der Waals surface area contributed by atoms with Crippen LogP contribution < -0.4 is 4.74 Å². The number of aliphatic hydroxyl groups excluding tert-OH is 1. The molecule has 1 fully saturated rings. The van der Waals surface area contributed by atoms with E-state index in [0.29, 0.717) is 36.4 Å². The Hall–Kier alpha value is -3.32. The average Bonchev–Trinajstić information content (AvgIpc) is 3.03. The summed E-state index contributed by atoms with van der Waals surface area (Å²) in [7, 11) is 3.89. The second-order valence-electron chi connectivity index (χ2n) is 8.11. The molecule has 7 heteroatoms. The van der Waals surface area contributed by atoms with Crippen molar-refractivity contribution in [3.8, 4) is 11.5 Å². The minimum absolute atomic E-state index is 0.0489. The summed E-state index contributed by atoms with van der Waals surface area (Å²) in [5.41, 5.74) is 1.13. The molecule has 0 unspecified atom stereocenters. The molecule has 0 saturated carbocycles.